The van der Waals surface area contributed by atoms with Gasteiger partial charge in [0.05, 0.1) is 5.69 Å². The molecule has 2 aromatic rings. The van der Waals surface area contributed by atoms with Gasteiger partial charge in [-0.3, -0.25) is 4.98 Å². The van der Waals surface area contributed by atoms with E-state index in [0.717, 1.165) is 23.3 Å². The van der Waals surface area contributed by atoms with Crippen molar-refractivity contribution in [2.75, 3.05) is 0 Å². The van der Waals surface area contributed by atoms with Crippen LogP contribution in [0.1, 0.15) is 38.1 Å². The number of aromatic nitrogens is 3. The predicted molar refractivity (Wildman–Crippen MR) is 57.4 cm³/mol. The Morgan fingerprint density at radius 1 is 1.43 bits per heavy atom. The Hall–Kier alpha value is -1.38. The van der Waals surface area contributed by atoms with Crippen LogP contribution in [0, 0.1) is 0 Å². The van der Waals surface area contributed by atoms with E-state index in [4.69, 9.17) is 0 Å². The zero-order valence-corrected chi connectivity index (χ0v) is 8.83. The Bertz CT molecular complexity index is 443. The summed E-state index contributed by atoms with van der Waals surface area (Å²) < 4.78 is 0. The highest BCUT2D eigenvalue weighted by atomic mass is 14.9. The first kappa shape index (κ1) is 9.19. The third-order valence-corrected chi connectivity index (χ3v) is 2.38. The normalized spacial score (nSPS) is 11.4. The lowest BCUT2D eigenvalue weighted by molar-refractivity contribution is 0.820. The molecular weight excluding hydrogens is 174 g/mol. The maximum absolute atomic E-state index is 4.53. The van der Waals surface area contributed by atoms with Crippen LogP contribution in [0.15, 0.2) is 12.3 Å². The number of hydrogen-bond acceptors (Lipinski definition) is 2. The highest BCUT2D eigenvalue weighted by Crippen LogP contribution is 2.15. The number of aromatic amines is 1. The van der Waals surface area contributed by atoms with E-state index in [0.29, 0.717) is 5.92 Å². The second-order valence-corrected chi connectivity index (χ2v) is 3.83. The van der Waals surface area contributed by atoms with Gasteiger partial charge < -0.3 is 4.98 Å². The van der Waals surface area contributed by atoms with Gasteiger partial charge in [0.15, 0.2) is 5.65 Å². The Morgan fingerprint density at radius 2 is 2.21 bits per heavy atom. The number of rotatable bonds is 2. The number of hydrogen-bond donors (Lipinski definition) is 1. The molecule has 0 unspecified atom stereocenters. The van der Waals surface area contributed by atoms with Crippen molar-refractivity contribution in [2.24, 2.45) is 0 Å². The van der Waals surface area contributed by atoms with Gasteiger partial charge in [-0.05, 0) is 18.4 Å². The summed E-state index contributed by atoms with van der Waals surface area (Å²) in [6, 6.07) is 2.06. The molecule has 0 amide bonds. The zero-order chi connectivity index (χ0) is 10.1. The molecule has 0 spiro atoms. The van der Waals surface area contributed by atoms with Crippen LogP contribution in [0.2, 0.25) is 0 Å². The van der Waals surface area contributed by atoms with Gasteiger partial charge in [-0.15, -0.1) is 0 Å². The first-order chi connectivity index (χ1) is 6.70. The molecule has 0 aromatic carbocycles. The molecule has 2 rings (SSSR count). The number of fused-ring (bicyclic) bond motifs is 1. The molecular formula is C11H15N3. The summed E-state index contributed by atoms with van der Waals surface area (Å²) in [7, 11) is 0. The van der Waals surface area contributed by atoms with Gasteiger partial charge in [0, 0.05) is 11.9 Å². The monoisotopic (exact) mass is 189 g/mol. The van der Waals surface area contributed by atoms with Gasteiger partial charge in [-0.1, -0.05) is 20.8 Å². The largest absolute Gasteiger partial charge is 0.342 e. The summed E-state index contributed by atoms with van der Waals surface area (Å²) in [6.07, 6.45) is 2.86. The molecule has 0 bridgehead atoms. The summed E-state index contributed by atoms with van der Waals surface area (Å²) in [4.78, 5) is 12.2. The van der Waals surface area contributed by atoms with Gasteiger partial charge in [0.1, 0.15) is 5.52 Å². The third kappa shape index (κ3) is 1.50. The molecule has 0 aliphatic rings. The second-order valence-electron chi connectivity index (χ2n) is 3.83. The highest BCUT2D eigenvalue weighted by molar-refractivity contribution is 5.71. The average Bonchev–Trinajstić information content (AvgIpc) is 2.58. The van der Waals surface area contributed by atoms with Crippen molar-refractivity contribution in [1.29, 1.82) is 0 Å². The van der Waals surface area contributed by atoms with E-state index in [2.05, 4.69) is 41.8 Å². The Labute approximate surface area is 83.6 Å². The maximum atomic E-state index is 4.53. The van der Waals surface area contributed by atoms with Crippen LogP contribution in [0.4, 0.5) is 0 Å². The van der Waals surface area contributed by atoms with Crippen LogP contribution in [0.5, 0.6) is 0 Å². The van der Waals surface area contributed by atoms with Crippen LogP contribution >= 0.6 is 0 Å². The van der Waals surface area contributed by atoms with E-state index >= 15 is 0 Å². The molecule has 0 atom stereocenters. The van der Waals surface area contributed by atoms with Crippen LogP contribution in [-0.4, -0.2) is 15.0 Å². The summed E-state index contributed by atoms with van der Waals surface area (Å²) in [5.41, 5.74) is 4.11. The third-order valence-electron chi connectivity index (χ3n) is 2.38. The molecule has 0 saturated carbocycles. The lowest BCUT2D eigenvalue weighted by Crippen LogP contribution is -1.93. The number of nitrogens with one attached hydrogen (secondary N) is 1. The molecule has 14 heavy (non-hydrogen) atoms. The molecule has 2 aromatic heterocycles. The molecule has 0 radical (unpaired) electrons. The van der Waals surface area contributed by atoms with Gasteiger partial charge in [-0.2, -0.15) is 0 Å². The van der Waals surface area contributed by atoms with Crippen LogP contribution in [0.3, 0.4) is 0 Å². The van der Waals surface area contributed by atoms with E-state index in [1.165, 1.54) is 5.69 Å². The minimum Gasteiger partial charge on any atom is -0.342 e. The fourth-order valence-electron chi connectivity index (χ4n) is 1.43. The fourth-order valence-corrected chi connectivity index (χ4v) is 1.43. The minimum atomic E-state index is 0.431. The van der Waals surface area contributed by atoms with E-state index < -0.39 is 0 Å². The average molecular weight is 189 g/mol. The summed E-state index contributed by atoms with van der Waals surface area (Å²) >= 11 is 0. The van der Waals surface area contributed by atoms with Crippen molar-refractivity contribution in [3.8, 4) is 0 Å². The van der Waals surface area contributed by atoms with Crippen molar-refractivity contribution in [3.63, 3.8) is 0 Å². The molecule has 1 N–H and O–H groups in total. The lowest BCUT2D eigenvalue weighted by atomic mass is 10.1. The van der Waals surface area contributed by atoms with Crippen molar-refractivity contribution in [3.05, 3.63) is 23.7 Å². The maximum Gasteiger partial charge on any atom is 0.156 e. The summed E-state index contributed by atoms with van der Waals surface area (Å²) in [5.74, 6) is 0.431. The number of nitrogens with zero attached hydrogens (tertiary/aromatic N) is 2. The van der Waals surface area contributed by atoms with Gasteiger partial charge >= 0.3 is 0 Å². The highest BCUT2D eigenvalue weighted by Gasteiger charge is 2.05. The minimum absolute atomic E-state index is 0.431. The molecule has 2 heterocycles. The molecule has 3 heteroatoms. The number of H-pyrrole nitrogens is 1. The van der Waals surface area contributed by atoms with Crippen LogP contribution < -0.4 is 0 Å². The molecule has 3 nitrogen and oxygen atoms in total. The van der Waals surface area contributed by atoms with Crippen LogP contribution in [0.25, 0.3) is 11.2 Å². The molecule has 0 saturated heterocycles. The standard InChI is InChI=1S/C11H15N3/c1-4-8-5-9-11(13-8)14-10(6-12-9)7(2)3/h5-7H,4H2,1-3H3,(H,13,14). The topological polar surface area (TPSA) is 41.6 Å². The van der Waals surface area contributed by atoms with E-state index in [1.807, 2.05) is 6.20 Å². The Balaban J connectivity index is 2.54. The van der Waals surface area contributed by atoms with Gasteiger partial charge in [-0.25, -0.2) is 4.98 Å². The molecule has 74 valence electrons. The summed E-state index contributed by atoms with van der Waals surface area (Å²) in [6.45, 7) is 6.37. The van der Waals surface area contributed by atoms with E-state index in [9.17, 15) is 0 Å². The Kier molecular flexibility index (Phi) is 2.23. The first-order valence-corrected chi connectivity index (χ1v) is 5.05. The van der Waals surface area contributed by atoms with Crippen molar-refractivity contribution in [1.82, 2.24) is 15.0 Å². The molecule has 0 aliphatic heterocycles. The molecule has 0 aliphatic carbocycles. The molecule has 0 fully saturated rings. The van der Waals surface area contributed by atoms with Gasteiger partial charge in [0.2, 0.25) is 0 Å². The van der Waals surface area contributed by atoms with Crippen LogP contribution in [-0.2, 0) is 6.42 Å². The lowest BCUT2D eigenvalue weighted by Gasteiger charge is -2.01. The predicted octanol–water partition coefficient (Wildman–Crippen LogP) is 2.64. The van der Waals surface area contributed by atoms with E-state index in [-0.39, 0.29) is 0 Å². The fraction of sp³-hybridized carbons (Fsp3) is 0.455. The second kappa shape index (κ2) is 3.40. The number of aryl methyl sites for hydroxylation is 1. The first-order valence-electron chi connectivity index (χ1n) is 5.05. The van der Waals surface area contributed by atoms with Crippen molar-refractivity contribution in [2.45, 2.75) is 33.1 Å². The smallest absolute Gasteiger partial charge is 0.156 e. The van der Waals surface area contributed by atoms with Gasteiger partial charge in [0.25, 0.3) is 0 Å². The van der Waals surface area contributed by atoms with Crippen molar-refractivity contribution >= 4 is 11.2 Å². The zero-order valence-electron chi connectivity index (χ0n) is 8.83. The van der Waals surface area contributed by atoms with E-state index in [1.54, 1.807) is 0 Å². The quantitative estimate of drug-likeness (QED) is 0.789. The SMILES string of the molecule is CCc1cc2ncc(C(C)C)nc2[nH]1. The summed E-state index contributed by atoms with van der Waals surface area (Å²) in [5, 5.41) is 0. The van der Waals surface area contributed by atoms with Crippen molar-refractivity contribution < 1.29 is 0 Å². The Morgan fingerprint density at radius 3 is 2.86 bits per heavy atom.